The Bertz CT molecular complexity index is 1190. The molecule has 0 bridgehead atoms. The van der Waals surface area contributed by atoms with E-state index in [1.54, 1.807) is 11.6 Å². The molecular weight excluding hydrogens is 476 g/mol. The van der Waals surface area contributed by atoms with Gasteiger partial charge in [-0.05, 0) is 30.9 Å². The molecule has 3 aromatic rings. The number of nitrogens with zero attached hydrogens (tertiary/aromatic N) is 6. The summed E-state index contributed by atoms with van der Waals surface area (Å²) in [4.78, 5) is 35.0. The molecule has 9 nitrogen and oxygen atoms in total. The van der Waals surface area contributed by atoms with Crippen molar-refractivity contribution >= 4 is 35.3 Å². The number of aromatic nitrogens is 4. The highest BCUT2D eigenvalue weighted by Gasteiger charge is 2.21. The van der Waals surface area contributed by atoms with Gasteiger partial charge in [0.05, 0.1) is 19.0 Å². The predicted octanol–water partition coefficient (Wildman–Crippen LogP) is 1.02. The molecule has 0 aliphatic carbocycles. The number of imidazole rings is 1. The van der Waals surface area contributed by atoms with Crippen molar-refractivity contribution < 1.29 is 5.11 Å². The molecular formula is C23H33ClN6O3S. The summed E-state index contributed by atoms with van der Waals surface area (Å²) in [5.41, 5.74) is -0.113. The number of halogens is 1. The van der Waals surface area contributed by atoms with Crippen molar-refractivity contribution in [1.29, 1.82) is 0 Å². The lowest BCUT2D eigenvalue weighted by molar-refractivity contribution is 0.0650. The lowest BCUT2D eigenvalue weighted by atomic mass is 10.2. The van der Waals surface area contributed by atoms with Gasteiger partial charge in [0.2, 0.25) is 0 Å². The van der Waals surface area contributed by atoms with Gasteiger partial charge in [-0.25, -0.2) is 9.78 Å². The molecule has 1 aliphatic heterocycles. The number of thioether (sulfide) groups is 1. The van der Waals surface area contributed by atoms with Crippen molar-refractivity contribution in [2.24, 2.45) is 14.1 Å². The molecule has 3 heterocycles. The molecule has 0 amide bonds. The zero-order valence-corrected chi connectivity index (χ0v) is 21.3. The Morgan fingerprint density at radius 2 is 1.68 bits per heavy atom. The van der Waals surface area contributed by atoms with Gasteiger partial charge in [-0.2, -0.15) is 0 Å². The van der Waals surface area contributed by atoms with Crippen LogP contribution >= 0.6 is 24.2 Å². The minimum absolute atomic E-state index is 0. The van der Waals surface area contributed by atoms with Crippen LogP contribution in [-0.2, 0) is 20.6 Å². The Hall–Kier alpha value is -2.11. The van der Waals surface area contributed by atoms with E-state index in [2.05, 4.69) is 39.0 Å². The van der Waals surface area contributed by atoms with Crippen molar-refractivity contribution in [2.45, 2.75) is 24.0 Å². The van der Waals surface area contributed by atoms with Crippen LogP contribution in [0, 0.1) is 0 Å². The maximum atomic E-state index is 12.6. The van der Waals surface area contributed by atoms with E-state index < -0.39 is 17.4 Å². The number of β-amino-alcohol motifs (C(OH)–C–C–N with tert-alkyl or cyclic N) is 1. The van der Waals surface area contributed by atoms with Gasteiger partial charge >= 0.3 is 5.69 Å². The second-order valence-corrected chi connectivity index (χ2v) is 9.75. The van der Waals surface area contributed by atoms with Gasteiger partial charge in [-0.15, -0.1) is 24.2 Å². The third-order valence-electron chi connectivity index (χ3n) is 6.19. The highest BCUT2D eigenvalue weighted by atomic mass is 35.5. The summed E-state index contributed by atoms with van der Waals surface area (Å²) < 4.78 is 4.09. The summed E-state index contributed by atoms with van der Waals surface area (Å²) in [6, 6.07) is 10.5. The van der Waals surface area contributed by atoms with Crippen LogP contribution in [-0.4, -0.2) is 84.7 Å². The van der Waals surface area contributed by atoms with Crippen LogP contribution in [0.4, 0.5) is 0 Å². The van der Waals surface area contributed by atoms with Crippen LogP contribution in [0.3, 0.4) is 0 Å². The molecule has 1 aliphatic rings. The molecule has 1 atom stereocenters. The molecule has 1 unspecified atom stereocenters. The molecule has 2 aromatic heterocycles. The monoisotopic (exact) mass is 508 g/mol. The largest absolute Gasteiger partial charge is 0.390 e. The van der Waals surface area contributed by atoms with E-state index >= 15 is 0 Å². The van der Waals surface area contributed by atoms with E-state index in [0.29, 0.717) is 17.7 Å². The summed E-state index contributed by atoms with van der Waals surface area (Å²) in [7, 11) is 3.05. The van der Waals surface area contributed by atoms with Gasteiger partial charge in [0.1, 0.15) is 0 Å². The Morgan fingerprint density at radius 3 is 2.38 bits per heavy atom. The van der Waals surface area contributed by atoms with E-state index in [1.165, 1.54) is 22.8 Å². The first-order valence-corrected chi connectivity index (χ1v) is 12.3. The number of hydrogen-bond acceptors (Lipinski definition) is 7. The fourth-order valence-corrected chi connectivity index (χ4v) is 5.17. The van der Waals surface area contributed by atoms with Crippen LogP contribution in [0.2, 0.25) is 0 Å². The summed E-state index contributed by atoms with van der Waals surface area (Å²) in [6.45, 7) is 5.75. The van der Waals surface area contributed by atoms with E-state index in [-0.39, 0.29) is 19.0 Å². The number of benzene rings is 1. The van der Waals surface area contributed by atoms with Crippen LogP contribution < -0.4 is 11.2 Å². The number of aryl methyl sites for hydroxylation is 1. The average Bonchev–Trinajstić information content (AvgIpc) is 3.24. The topological polar surface area (TPSA) is 88.5 Å². The van der Waals surface area contributed by atoms with Gasteiger partial charge in [0.25, 0.3) is 5.56 Å². The molecule has 0 spiro atoms. The maximum Gasteiger partial charge on any atom is 0.332 e. The smallest absolute Gasteiger partial charge is 0.332 e. The molecule has 1 N–H and O–H groups in total. The third-order valence-corrected chi connectivity index (χ3v) is 7.29. The number of aliphatic hydroxyl groups is 1. The minimum atomic E-state index is -0.627. The molecule has 0 radical (unpaired) electrons. The Morgan fingerprint density at radius 1 is 1.00 bits per heavy atom. The standard InChI is InChI=1S/C23H32N6O3S.ClH/c1-25-21-20(22(31)26(2)23(25)32)29(17-24-21)16-18(30)15-28-12-10-27(11-13-28)9-6-14-33-19-7-4-3-5-8-19;/h3-5,7-8,17-18,30H,6,9-16H2,1-2H3;1H. The summed E-state index contributed by atoms with van der Waals surface area (Å²) >= 11 is 1.90. The number of aliphatic hydroxyl groups excluding tert-OH is 1. The van der Waals surface area contributed by atoms with E-state index in [0.717, 1.165) is 49.5 Å². The number of piperazine rings is 1. The molecule has 34 heavy (non-hydrogen) atoms. The summed E-state index contributed by atoms with van der Waals surface area (Å²) in [5, 5.41) is 10.7. The minimum Gasteiger partial charge on any atom is -0.390 e. The van der Waals surface area contributed by atoms with Gasteiger partial charge in [0.15, 0.2) is 11.2 Å². The summed E-state index contributed by atoms with van der Waals surface area (Å²) in [6.07, 6.45) is 2.06. The van der Waals surface area contributed by atoms with E-state index in [1.807, 2.05) is 17.8 Å². The highest BCUT2D eigenvalue weighted by molar-refractivity contribution is 7.99. The van der Waals surface area contributed by atoms with Crippen molar-refractivity contribution in [2.75, 3.05) is 45.0 Å². The molecule has 1 saturated heterocycles. The van der Waals surface area contributed by atoms with Gasteiger partial charge < -0.3 is 14.6 Å². The third kappa shape index (κ3) is 6.11. The molecule has 1 aromatic carbocycles. The molecule has 1 fully saturated rings. The Balaban J connectivity index is 0.00000324. The van der Waals surface area contributed by atoms with Crippen molar-refractivity contribution in [3.05, 3.63) is 57.5 Å². The lowest BCUT2D eigenvalue weighted by Gasteiger charge is -2.35. The van der Waals surface area contributed by atoms with Crippen LogP contribution in [0.25, 0.3) is 11.2 Å². The SMILES string of the molecule is Cl.Cn1c(=O)c2c(ncn2CC(O)CN2CCN(CCCSc3ccccc3)CC2)n(C)c1=O. The van der Waals surface area contributed by atoms with Crippen LogP contribution in [0.5, 0.6) is 0 Å². The molecule has 186 valence electrons. The summed E-state index contributed by atoms with van der Waals surface area (Å²) in [5.74, 6) is 1.12. The second-order valence-electron chi connectivity index (χ2n) is 8.59. The van der Waals surface area contributed by atoms with Crippen molar-refractivity contribution in [1.82, 2.24) is 28.5 Å². The highest BCUT2D eigenvalue weighted by Crippen LogP contribution is 2.18. The number of hydrogen-bond donors (Lipinski definition) is 1. The second kappa shape index (κ2) is 12.0. The Labute approximate surface area is 209 Å². The van der Waals surface area contributed by atoms with Crippen molar-refractivity contribution in [3.63, 3.8) is 0 Å². The fourth-order valence-electron chi connectivity index (χ4n) is 4.31. The number of rotatable bonds is 9. The first kappa shape index (κ1) is 26.5. The predicted molar refractivity (Wildman–Crippen MR) is 138 cm³/mol. The number of fused-ring (bicyclic) bond motifs is 1. The fraction of sp³-hybridized carbons (Fsp3) is 0.522. The van der Waals surface area contributed by atoms with Gasteiger partial charge in [0, 0.05) is 51.7 Å². The van der Waals surface area contributed by atoms with Crippen LogP contribution in [0.15, 0.2) is 51.1 Å². The van der Waals surface area contributed by atoms with Crippen LogP contribution in [0.1, 0.15) is 6.42 Å². The maximum absolute atomic E-state index is 12.6. The quantitative estimate of drug-likeness (QED) is 0.341. The van der Waals surface area contributed by atoms with Crippen molar-refractivity contribution in [3.8, 4) is 0 Å². The normalized spacial score (nSPS) is 16.0. The zero-order chi connectivity index (χ0) is 23.4. The van der Waals surface area contributed by atoms with E-state index in [4.69, 9.17) is 0 Å². The molecule has 4 rings (SSSR count). The lowest BCUT2D eigenvalue weighted by Crippen LogP contribution is -2.49. The van der Waals surface area contributed by atoms with Gasteiger partial charge in [-0.1, -0.05) is 18.2 Å². The van der Waals surface area contributed by atoms with E-state index in [9.17, 15) is 14.7 Å². The first-order valence-electron chi connectivity index (χ1n) is 11.4. The van der Waals surface area contributed by atoms with Gasteiger partial charge in [-0.3, -0.25) is 18.8 Å². The molecule has 11 heteroatoms. The molecule has 0 saturated carbocycles. The first-order chi connectivity index (χ1) is 15.9. The Kier molecular flexibility index (Phi) is 9.38. The average molecular weight is 509 g/mol. The zero-order valence-electron chi connectivity index (χ0n) is 19.7.